The standard InChI is InChI=1S/C27H28N2O6/c1-31-19-7-8-22(32-2)20(12-19)26-17(10-16-11-24-25(35-15-34-24)13-21(16)28-26)14-29(18-5-6-18)27(30)23-4-3-9-33-23/h7-8,10-13,18,23H,3-6,9,14-15H2,1-2H3/t23-/m1/s1. The summed E-state index contributed by atoms with van der Waals surface area (Å²) in [4.78, 5) is 20.4. The second-order valence-corrected chi connectivity index (χ2v) is 9.16. The quantitative estimate of drug-likeness (QED) is 0.503. The molecule has 0 spiro atoms. The number of hydrogen-bond donors (Lipinski definition) is 0. The Morgan fingerprint density at radius 2 is 1.89 bits per heavy atom. The molecule has 8 heteroatoms. The molecule has 35 heavy (non-hydrogen) atoms. The van der Waals surface area contributed by atoms with E-state index in [9.17, 15) is 4.79 Å². The maximum absolute atomic E-state index is 13.4. The van der Waals surface area contributed by atoms with Crippen LogP contribution < -0.4 is 18.9 Å². The highest BCUT2D eigenvalue weighted by atomic mass is 16.7. The van der Waals surface area contributed by atoms with Gasteiger partial charge in [-0.1, -0.05) is 0 Å². The van der Waals surface area contributed by atoms with Gasteiger partial charge < -0.3 is 28.6 Å². The molecule has 2 aliphatic heterocycles. The molecule has 0 radical (unpaired) electrons. The number of rotatable bonds is 7. The number of pyridine rings is 1. The molecule has 2 fully saturated rings. The Bertz CT molecular complexity index is 1280. The lowest BCUT2D eigenvalue weighted by atomic mass is 10.0. The third-order valence-corrected chi connectivity index (χ3v) is 6.87. The van der Waals surface area contributed by atoms with Gasteiger partial charge in [-0.05, 0) is 61.6 Å². The van der Waals surface area contributed by atoms with E-state index < -0.39 is 0 Å². The molecule has 1 aliphatic carbocycles. The van der Waals surface area contributed by atoms with Crippen LogP contribution in [0.1, 0.15) is 31.2 Å². The van der Waals surface area contributed by atoms with Gasteiger partial charge in [0.05, 0.1) is 25.4 Å². The molecule has 0 N–H and O–H groups in total. The minimum atomic E-state index is -0.354. The third kappa shape index (κ3) is 4.12. The summed E-state index contributed by atoms with van der Waals surface area (Å²) in [5, 5.41) is 0.926. The number of nitrogens with zero attached hydrogens (tertiary/aromatic N) is 2. The first-order chi connectivity index (χ1) is 17.1. The van der Waals surface area contributed by atoms with Gasteiger partial charge in [-0.15, -0.1) is 0 Å². The van der Waals surface area contributed by atoms with E-state index in [1.165, 1.54) is 0 Å². The summed E-state index contributed by atoms with van der Waals surface area (Å²) in [6.07, 6.45) is 3.36. The van der Waals surface area contributed by atoms with Gasteiger partial charge in [-0.25, -0.2) is 4.98 Å². The molecule has 1 saturated heterocycles. The van der Waals surface area contributed by atoms with E-state index in [2.05, 4.69) is 6.07 Å². The summed E-state index contributed by atoms with van der Waals surface area (Å²) in [6, 6.07) is 11.8. The van der Waals surface area contributed by atoms with Crippen molar-refractivity contribution >= 4 is 16.8 Å². The van der Waals surface area contributed by atoms with E-state index in [0.717, 1.165) is 53.4 Å². The third-order valence-electron chi connectivity index (χ3n) is 6.87. The normalized spacial score (nSPS) is 18.6. The number of fused-ring (bicyclic) bond motifs is 2. The zero-order valence-electron chi connectivity index (χ0n) is 19.9. The molecule has 2 aromatic carbocycles. The van der Waals surface area contributed by atoms with Crippen molar-refractivity contribution < 1.29 is 28.5 Å². The molecule has 6 rings (SSSR count). The number of carbonyl (C=O) groups is 1. The number of ether oxygens (including phenoxy) is 5. The van der Waals surface area contributed by atoms with E-state index in [1.807, 2.05) is 35.2 Å². The van der Waals surface area contributed by atoms with Crippen LogP contribution in [-0.2, 0) is 16.1 Å². The molecule has 1 aromatic heterocycles. The molecule has 1 atom stereocenters. The highest BCUT2D eigenvalue weighted by Gasteiger charge is 2.38. The summed E-state index contributed by atoms with van der Waals surface area (Å²) in [6.45, 7) is 1.28. The van der Waals surface area contributed by atoms with E-state index in [0.29, 0.717) is 36.1 Å². The summed E-state index contributed by atoms with van der Waals surface area (Å²) in [5.41, 5.74) is 3.27. The van der Waals surface area contributed by atoms with Crippen LogP contribution in [0.5, 0.6) is 23.0 Å². The summed E-state index contributed by atoms with van der Waals surface area (Å²) in [5.74, 6) is 2.83. The predicted octanol–water partition coefficient (Wildman–Crippen LogP) is 4.32. The number of carbonyl (C=O) groups excluding carboxylic acids is 1. The first-order valence-electron chi connectivity index (χ1n) is 12.0. The molecule has 3 heterocycles. The molecular formula is C27H28N2O6. The number of benzene rings is 2. The molecule has 3 aromatic rings. The zero-order valence-corrected chi connectivity index (χ0v) is 19.9. The fourth-order valence-corrected chi connectivity index (χ4v) is 4.87. The highest BCUT2D eigenvalue weighted by Crippen LogP contribution is 2.41. The van der Waals surface area contributed by atoms with Gasteiger partial charge in [0, 0.05) is 36.2 Å². The monoisotopic (exact) mass is 476 g/mol. The second kappa shape index (κ2) is 8.92. The Labute approximate surface area is 203 Å². The van der Waals surface area contributed by atoms with Gasteiger partial charge >= 0.3 is 0 Å². The van der Waals surface area contributed by atoms with Crippen molar-refractivity contribution in [1.29, 1.82) is 0 Å². The van der Waals surface area contributed by atoms with Crippen LogP contribution in [0.4, 0.5) is 0 Å². The molecule has 0 bridgehead atoms. The van der Waals surface area contributed by atoms with Gasteiger partial charge in [0.2, 0.25) is 6.79 Å². The Morgan fingerprint density at radius 3 is 2.60 bits per heavy atom. The minimum absolute atomic E-state index is 0.0688. The summed E-state index contributed by atoms with van der Waals surface area (Å²) < 4.78 is 28.1. The van der Waals surface area contributed by atoms with Crippen molar-refractivity contribution in [2.24, 2.45) is 0 Å². The van der Waals surface area contributed by atoms with Gasteiger partial charge in [0.25, 0.3) is 5.91 Å². The van der Waals surface area contributed by atoms with Gasteiger partial charge in [0.15, 0.2) is 11.5 Å². The highest BCUT2D eigenvalue weighted by molar-refractivity contribution is 5.88. The molecule has 1 saturated carbocycles. The summed E-state index contributed by atoms with van der Waals surface area (Å²) >= 11 is 0. The Hall–Kier alpha value is -3.52. The number of hydrogen-bond acceptors (Lipinski definition) is 7. The van der Waals surface area contributed by atoms with Crippen molar-refractivity contribution in [3.05, 3.63) is 42.0 Å². The van der Waals surface area contributed by atoms with Gasteiger partial charge in [0.1, 0.15) is 17.6 Å². The molecule has 182 valence electrons. The van der Waals surface area contributed by atoms with Crippen molar-refractivity contribution in [2.45, 2.75) is 44.4 Å². The lowest BCUT2D eigenvalue weighted by Crippen LogP contribution is -2.40. The number of amides is 1. The predicted molar refractivity (Wildman–Crippen MR) is 129 cm³/mol. The van der Waals surface area contributed by atoms with E-state index in [4.69, 9.17) is 28.7 Å². The SMILES string of the molecule is COc1ccc(OC)c(-c2nc3cc4c(cc3cc2CN(C(=O)[C@H]2CCCO2)C2CC2)OCO4)c1. The van der Waals surface area contributed by atoms with Crippen LogP contribution in [0.3, 0.4) is 0 Å². The van der Waals surface area contributed by atoms with Crippen LogP contribution in [0.2, 0.25) is 0 Å². The van der Waals surface area contributed by atoms with Crippen LogP contribution in [0.15, 0.2) is 36.4 Å². The Morgan fingerprint density at radius 1 is 1.06 bits per heavy atom. The minimum Gasteiger partial charge on any atom is -0.497 e. The molecular weight excluding hydrogens is 448 g/mol. The topological polar surface area (TPSA) is 79.4 Å². The van der Waals surface area contributed by atoms with Crippen molar-refractivity contribution in [2.75, 3.05) is 27.6 Å². The van der Waals surface area contributed by atoms with Crippen LogP contribution in [-0.4, -0.2) is 55.6 Å². The van der Waals surface area contributed by atoms with Crippen molar-refractivity contribution in [3.63, 3.8) is 0 Å². The average molecular weight is 477 g/mol. The molecule has 0 unspecified atom stereocenters. The van der Waals surface area contributed by atoms with Crippen LogP contribution in [0, 0.1) is 0 Å². The molecule has 8 nitrogen and oxygen atoms in total. The van der Waals surface area contributed by atoms with Crippen molar-refractivity contribution in [1.82, 2.24) is 9.88 Å². The Balaban J connectivity index is 1.49. The smallest absolute Gasteiger partial charge is 0.252 e. The number of methoxy groups -OCH3 is 2. The second-order valence-electron chi connectivity index (χ2n) is 9.16. The lowest BCUT2D eigenvalue weighted by Gasteiger charge is -2.26. The molecule has 3 aliphatic rings. The Kier molecular flexibility index (Phi) is 5.60. The zero-order chi connectivity index (χ0) is 23.9. The van der Waals surface area contributed by atoms with Gasteiger partial charge in [-0.3, -0.25) is 4.79 Å². The first kappa shape index (κ1) is 22.0. The summed E-state index contributed by atoms with van der Waals surface area (Å²) in [7, 11) is 3.28. The lowest BCUT2D eigenvalue weighted by molar-refractivity contribution is -0.142. The fraction of sp³-hybridized carbons (Fsp3) is 0.407. The average Bonchev–Trinajstić information content (AvgIpc) is 3.37. The van der Waals surface area contributed by atoms with E-state index in [-0.39, 0.29) is 24.8 Å². The van der Waals surface area contributed by atoms with Crippen LogP contribution >= 0.6 is 0 Å². The number of aromatic nitrogens is 1. The maximum atomic E-state index is 13.4. The largest absolute Gasteiger partial charge is 0.497 e. The maximum Gasteiger partial charge on any atom is 0.252 e. The van der Waals surface area contributed by atoms with Crippen LogP contribution in [0.25, 0.3) is 22.2 Å². The van der Waals surface area contributed by atoms with E-state index >= 15 is 0 Å². The molecule has 1 amide bonds. The van der Waals surface area contributed by atoms with Crippen molar-refractivity contribution in [3.8, 4) is 34.3 Å². The van der Waals surface area contributed by atoms with Gasteiger partial charge in [-0.2, -0.15) is 0 Å². The van der Waals surface area contributed by atoms with E-state index in [1.54, 1.807) is 14.2 Å². The fourth-order valence-electron chi connectivity index (χ4n) is 4.87. The first-order valence-corrected chi connectivity index (χ1v) is 12.0.